The van der Waals surface area contributed by atoms with Gasteiger partial charge in [-0.25, -0.2) is 9.50 Å². The van der Waals surface area contributed by atoms with Gasteiger partial charge in [-0.05, 0) is 42.6 Å². The summed E-state index contributed by atoms with van der Waals surface area (Å²) in [6.45, 7) is 1.83. The van der Waals surface area contributed by atoms with Gasteiger partial charge in [-0.3, -0.25) is 4.79 Å². The van der Waals surface area contributed by atoms with E-state index < -0.39 is 0 Å². The van der Waals surface area contributed by atoms with E-state index in [0.717, 1.165) is 16.6 Å². The maximum atomic E-state index is 12.4. The first-order valence-electron chi connectivity index (χ1n) is 6.90. The van der Waals surface area contributed by atoms with Crippen LogP contribution in [-0.2, 0) is 0 Å². The monoisotopic (exact) mass is 291 g/mol. The smallest absolute Gasteiger partial charge is 0.255 e. The second kappa shape index (κ2) is 4.70. The van der Waals surface area contributed by atoms with Crippen LogP contribution >= 0.6 is 0 Å². The zero-order valence-corrected chi connectivity index (χ0v) is 11.9. The fourth-order valence-electron chi connectivity index (χ4n) is 2.46. The van der Waals surface area contributed by atoms with E-state index in [1.807, 2.05) is 49.5 Å². The minimum absolute atomic E-state index is 0.160. The maximum Gasteiger partial charge on any atom is 0.255 e. The van der Waals surface area contributed by atoms with E-state index in [-0.39, 0.29) is 5.91 Å². The van der Waals surface area contributed by atoms with Gasteiger partial charge in [-0.2, -0.15) is 5.10 Å². The fraction of sp³-hybridized carbons (Fsp3) is 0.0625. The Labute approximate surface area is 125 Å². The van der Waals surface area contributed by atoms with Crippen LogP contribution in [0.1, 0.15) is 16.2 Å². The summed E-state index contributed by atoms with van der Waals surface area (Å²) < 4.78 is 1.65. The molecule has 4 rings (SSSR count). The van der Waals surface area contributed by atoms with Crippen molar-refractivity contribution < 1.29 is 4.79 Å². The number of benzene rings is 1. The molecule has 3 heterocycles. The number of hydrogen-bond donors (Lipinski definition) is 2. The highest BCUT2D eigenvalue weighted by Crippen LogP contribution is 2.16. The van der Waals surface area contributed by atoms with Crippen molar-refractivity contribution in [2.45, 2.75) is 6.92 Å². The number of rotatable bonds is 2. The Hall–Kier alpha value is -3.15. The lowest BCUT2D eigenvalue weighted by atomic mass is 10.1. The van der Waals surface area contributed by atoms with E-state index in [4.69, 9.17) is 0 Å². The number of carbonyl (C=O) groups is 1. The van der Waals surface area contributed by atoms with Gasteiger partial charge >= 0.3 is 0 Å². The SMILES string of the molecule is Cc1nc2ccc(NC(=O)c3ccc4cc[nH]c4c3)cn2n1. The molecule has 22 heavy (non-hydrogen) atoms. The third kappa shape index (κ3) is 2.10. The summed E-state index contributed by atoms with van der Waals surface area (Å²) in [6, 6.07) is 11.2. The van der Waals surface area contributed by atoms with Crippen molar-refractivity contribution in [3.63, 3.8) is 0 Å². The van der Waals surface area contributed by atoms with Gasteiger partial charge in [0.25, 0.3) is 5.91 Å². The maximum absolute atomic E-state index is 12.4. The van der Waals surface area contributed by atoms with Crippen LogP contribution in [0.2, 0.25) is 0 Å². The molecular weight excluding hydrogens is 278 g/mol. The number of nitrogens with zero attached hydrogens (tertiary/aromatic N) is 3. The Balaban J connectivity index is 1.64. The zero-order chi connectivity index (χ0) is 15.1. The predicted octanol–water partition coefficient (Wildman–Crippen LogP) is 2.77. The molecule has 0 bridgehead atoms. The van der Waals surface area contributed by atoms with Crippen LogP contribution in [0, 0.1) is 6.92 Å². The molecule has 6 heteroatoms. The third-order valence-corrected chi connectivity index (χ3v) is 3.51. The topological polar surface area (TPSA) is 75.1 Å². The van der Waals surface area contributed by atoms with Crippen molar-refractivity contribution in [2.24, 2.45) is 0 Å². The van der Waals surface area contributed by atoms with Crippen molar-refractivity contribution in [3.05, 3.63) is 60.2 Å². The molecule has 0 fully saturated rings. The lowest BCUT2D eigenvalue weighted by Gasteiger charge is -2.05. The first-order valence-corrected chi connectivity index (χ1v) is 6.90. The van der Waals surface area contributed by atoms with Gasteiger partial charge in [0.1, 0.15) is 5.82 Å². The second-order valence-electron chi connectivity index (χ2n) is 5.11. The Morgan fingerprint density at radius 2 is 2.14 bits per heavy atom. The van der Waals surface area contributed by atoms with Gasteiger partial charge < -0.3 is 10.3 Å². The summed E-state index contributed by atoms with van der Waals surface area (Å²) in [5, 5.41) is 8.19. The van der Waals surface area contributed by atoms with E-state index in [0.29, 0.717) is 17.1 Å². The Kier molecular flexibility index (Phi) is 2.69. The number of aromatic nitrogens is 4. The van der Waals surface area contributed by atoms with E-state index in [9.17, 15) is 4.79 Å². The molecule has 4 aromatic rings. The number of anilines is 1. The molecule has 0 unspecified atom stereocenters. The van der Waals surface area contributed by atoms with Crippen LogP contribution in [0.15, 0.2) is 48.8 Å². The number of aromatic amines is 1. The Morgan fingerprint density at radius 1 is 1.23 bits per heavy atom. The molecular formula is C16H13N5O. The van der Waals surface area contributed by atoms with Gasteiger partial charge in [0.2, 0.25) is 0 Å². The van der Waals surface area contributed by atoms with Crippen molar-refractivity contribution in [3.8, 4) is 0 Å². The molecule has 3 aromatic heterocycles. The molecule has 0 atom stereocenters. The standard InChI is InChI=1S/C16H13N5O/c1-10-18-15-5-4-13(9-21(15)20-10)19-16(22)12-3-2-11-6-7-17-14(11)8-12/h2-9,17H,1H3,(H,19,22). The van der Waals surface area contributed by atoms with Gasteiger partial charge in [-0.15, -0.1) is 0 Å². The minimum atomic E-state index is -0.160. The molecule has 108 valence electrons. The highest BCUT2D eigenvalue weighted by molar-refractivity contribution is 6.06. The normalized spacial score (nSPS) is 11.1. The summed E-state index contributed by atoms with van der Waals surface area (Å²) >= 11 is 0. The summed E-state index contributed by atoms with van der Waals surface area (Å²) in [4.78, 5) is 19.7. The number of hydrogen-bond acceptors (Lipinski definition) is 3. The molecule has 1 amide bonds. The van der Waals surface area contributed by atoms with Gasteiger partial charge in [0.05, 0.1) is 11.9 Å². The summed E-state index contributed by atoms with van der Waals surface area (Å²) in [5.41, 5.74) is 2.97. The Morgan fingerprint density at radius 3 is 3.05 bits per heavy atom. The largest absolute Gasteiger partial charge is 0.361 e. The highest BCUT2D eigenvalue weighted by Gasteiger charge is 2.08. The number of fused-ring (bicyclic) bond motifs is 2. The van der Waals surface area contributed by atoms with Crippen LogP contribution < -0.4 is 5.32 Å². The number of pyridine rings is 1. The average Bonchev–Trinajstić information content (AvgIpc) is 3.10. The number of aryl methyl sites for hydroxylation is 1. The van der Waals surface area contributed by atoms with Crippen molar-refractivity contribution >= 4 is 28.1 Å². The van der Waals surface area contributed by atoms with E-state index in [1.54, 1.807) is 10.7 Å². The van der Waals surface area contributed by atoms with Crippen LogP contribution in [0.5, 0.6) is 0 Å². The molecule has 0 aliphatic rings. The lowest BCUT2D eigenvalue weighted by molar-refractivity contribution is 0.102. The van der Waals surface area contributed by atoms with Gasteiger partial charge in [-0.1, -0.05) is 6.07 Å². The summed E-state index contributed by atoms with van der Waals surface area (Å²) in [6.07, 6.45) is 3.60. The number of amides is 1. The number of nitrogens with one attached hydrogen (secondary N) is 2. The zero-order valence-electron chi connectivity index (χ0n) is 11.9. The molecule has 6 nitrogen and oxygen atoms in total. The summed E-state index contributed by atoms with van der Waals surface area (Å²) in [5.74, 6) is 0.536. The first-order chi connectivity index (χ1) is 10.7. The molecule has 0 radical (unpaired) electrons. The molecule has 0 aliphatic heterocycles. The van der Waals surface area contributed by atoms with Crippen molar-refractivity contribution in [2.75, 3.05) is 5.32 Å². The third-order valence-electron chi connectivity index (χ3n) is 3.51. The second-order valence-corrected chi connectivity index (χ2v) is 5.11. The van der Waals surface area contributed by atoms with Crippen LogP contribution in [0.25, 0.3) is 16.6 Å². The molecule has 1 aromatic carbocycles. The predicted molar refractivity (Wildman–Crippen MR) is 84.0 cm³/mol. The molecule has 0 spiro atoms. The molecule has 0 saturated heterocycles. The van der Waals surface area contributed by atoms with Crippen molar-refractivity contribution in [1.82, 2.24) is 19.6 Å². The van der Waals surface area contributed by atoms with E-state index in [1.165, 1.54) is 0 Å². The fourth-order valence-corrected chi connectivity index (χ4v) is 2.46. The number of carbonyl (C=O) groups excluding carboxylic acids is 1. The van der Waals surface area contributed by atoms with Crippen LogP contribution in [0.4, 0.5) is 5.69 Å². The Bertz CT molecular complexity index is 998. The highest BCUT2D eigenvalue weighted by atomic mass is 16.1. The molecule has 2 N–H and O–H groups in total. The number of H-pyrrole nitrogens is 1. The van der Waals surface area contributed by atoms with Gasteiger partial charge in [0, 0.05) is 17.3 Å². The average molecular weight is 291 g/mol. The van der Waals surface area contributed by atoms with Crippen LogP contribution in [-0.4, -0.2) is 25.5 Å². The first kappa shape index (κ1) is 12.6. The lowest BCUT2D eigenvalue weighted by Crippen LogP contribution is -2.12. The van der Waals surface area contributed by atoms with E-state index >= 15 is 0 Å². The molecule has 0 aliphatic carbocycles. The quantitative estimate of drug-likeness (QED) is 0.596. The summed E-state index contributed by atoms with van der Waals surface area (Å²) in [7, 11) is 0. The van der Waals surface area contributed by atoms with E-state index in [2.05, 4.69) is 20.4 Å². The molecule has 0 saturated carbocycles. The minimum Gasteiger partial charge on any atom is -0.361 e. The van der Waals surface area contributed by atoms with Crippen LogP contribution in [0.3, 0.4) is 0 Å². The van der Waals surface area contributed by atoms with Crippen molar-refractivity contribution in [1.29, 1.82) is 0 Å². The van der Waals surface area contributed by atoms with Gasteiger partial charge in [0.15, 0.2) is 5.65 Å².